The Morgan fingerprint density at radius 2 is 1.95 bits per heavy atom. The van der Waals surface area contributed by atoms with Gasteiger partial charge in [0, 0.05) is 0 Å². The highest BCUT2D eigenvalue weighted by molar-refractivity contribution is 7.59. The van der Waals surface area contributed by atoms with Gasteiger partial charge in [-0.05, 0) is 37.6 Å². The van der Waals surface area contributed by atoms with E-state index >= 15 is 0 Å². The first-order chi connectivity index (χ1) is 9.59. The van der Waals surface area contributed by atoms with Gasteiger partial charge in [-0.25, -0.2) is 0 Å². The maximum atomic E-state index is 12.5. The van der Waals surface area contributed by atoms with Crippen LogP contribution in [0.4, 0.5) is 0 Å². The van der Waals surface area contributed by atoms with Gasteiger partial charge < -0.3 is 9.05 Å². The SMILES string of the molecule is CCOP(=O)(OCC)/C(C#N)=C/c1cccc(C#N)c1. The molecular formula is C14H15N2O3P. The smallest absolute Gasteiger partial charge is 0.305 e. The number of nitriles is 2. The van der Waals surface area contributed by atoms with Crippen molar-refractivity contribution in [3.05, 3.63) is 40.7 Å². The van der Waals surface area contributed by atoms with E-state index in [2.05, 4.69) is 0 Å². The molecule has 1 aromatic rings. The molecule has 0 aromatic heterocycles. The Balaban J connectivity index is 3.23. The van der Waals surface area contributed by atoms with Gasteiger partial charge in [-0.15, -0.1) is 0 Å². The summed E-state index contributed by atoms with van der Waals surface area (Å²) in [5.74, 6) is 0. The van der Waals surface area contributed by atoms with Gasteiger partial charge in [-0.2, -0.15) is 10.5 Å². The third-order valence-corrected chi connectivity index (χ3v) is 4.34. The minimum Gasteiger partial charge on any atom is -0.305 e. The average molecular weight is 290 g/mol. The van der Waals surface area contributed by atoms with Crippen LogP contribution >= 0.6 is 7.60 Å². The molecule has 0 aliphatic heterocycles. The molecule has 0 N–H and O–H groups in total. The van der Waals surface area contributed by atoms with Crippen molar-refractivity contribution in [3.63, 3.8) is 0 Å². The van der Waals surface area contributed by atoms with Crippen LogP contribution in [-0.4, -0.2) is 13.2 Å². The Bertz CT molecular complexity index is 616. The minimum absolute atomic E-state index is 0.0729. The Hall–Kier alpha value is -1.91. The van der Waals surface area contributed by atoms with Crippen molar-refractivity contribution < 1.29 is 13.6 Å². The number of nitrogens with zero attached hydrogens (tertiary/aromatic N) is 2. The Kier molecular flexibility index (Phi) is 6.15. The van der Waals surface area contributed by atoms with Crippen molar-refractivity contribution in [2.75, 3.05) is 13.2 Å². The molecule has 5 nitrogen and oxygen atoms in total. The molecule has 104 valence electrons. The summed E-state index contributed by atoms with van der Waals surface area (Å²) in [5, 5.41) is 18.0. The molecule has 0 bridgehead atoms. The van der Waals surface area contributed by atoms with Gasteiger partial charge in [-0.1, -0.05) is 12.1 Å². The van der Waals surface area contributed by atoms with E-state index in [-0.39, 0.29) is 18.5 Å². The van der Waals surface area contributed by atoms with Crippen LogP contribution in [0.1, 0.15) is 25.0 Å². The topological polar surface area (TPSA) is 83.1 Å². The number of hydrogen-bond donors (Lipinski definition) is 0. The zero-order valence-electron chi connectivity index (χ0n) is 11.4. The second-order valence-corrected chi connectivity index (χ2v) is 5.70. The van der Waals surface area contributed by atoms with Crippen molar-refractivity contribution in [1.29, 1.82) is 10.5 Å². The maximum Gasteiger partial charge on any atom is 0.371 e. The van der Waals surface area contributed by atoms with Gasteiger partial charge in [0.1, 0.15) is 11.4 Å². The summed E-state index contributed by atoms with van der Waals surface area (Å²) in [7, 11) is -3.60. The molecule has 0 heterocycles. The molecule has 1 aromatic carbocycles. The molecule has 6 heteroatoms. The van der Waals surface area contributed by atoms with Gasteiger partial charge in [-0.3, -0.25) is 4.57 Å². The predicted octanol–water partition coefficient (Wildman–Crippen LogP) is 3.69. The summed E-state index contributed by atoms with van der Waals surface area (Å²) < 4.78 is 22.8. The van der Waals surface area contributed by atoms with Crippen LogP contribution in [0.25, 0.3) is 6.08 Å². The van der Waals surface area contributed by atoms with E-state index in [9.17, 15) is 9.83 Å². The quantitative estimate of drug-likeness (QED) is 0.589. The summed E-state index contributed by atoms with van der Waals surface area (Å²) in [6.07, 6.45) is 1.42. The monoisotopic (exact) mass is 290 g/mol. The molecule has 0 aliphatic rings. The molecule has 0 spiro atoms. The van der Waals surface area contributed by atoms with Crippen LogP contribution < -0.4 is 0 Å². The summed E-state index contributed by atoms with van der Waals surface area (Å²) in [5.41, 5.74) is 1.05. The summed E-state index contributed by atoms with van der Waals surface area (Å²) in [6.45, 7) is 3.71. The van der Waals surface area contributed by atoms with Gasteiger partial charge in [0.05, 0.1) is 24.8 Å². The van der Waals surface area contributed by atoms with E-state index in [0.29, 0.717) is 11.1 Å². The first-order valence-corrected chi connectivity index (χ1v) is 7.65. The molecule has 0 aliphatic carbocycles. The lowest BCUT2D eigenvalue weighted by Crippen LogP contribution is -1.97. The summed E-state index contributed by atoms with van der Waals surface area (Å²) in [6, 6.07) is 10.5. The predicted molar refractivity (Wildman–Crippen MR) is 75.6 cm³/mol. The normalized spacial score (nSPS) is 11.7. The lowest BCUT2D eigenvalue weighted by molar-refractivity contribution is 0.227. The van der Waals surface area contributed by atoms with Gasteiger partial charge in [0.2, 0.25) is 0 Å². The number of allylic oxidation sites excluding steroid dienone is 1. The van der Waals surface area contributed by atoms with E-state index in [1.165, 1.54) is 6.08 Å². The van der Waals surface area contributed by atoms with E-state index in [4.69, 9.17) is 14.3 Å². The molecule has 0 unspecified atom stereocenters. The average Bonchev–Trinajstić information content (AvgIpc) is 2.45. The molecule has 20 heavy (non-hydrogen) atoms. The fraction of sp³-hybridized carbons (Fsp3) is 0.286. The molecule has 0 atom stereocenters. The lowest BCUT2D eigenvalue weighted by Gasteiger charge is -2.15. The van der Waals surface area contributed by atoms with E-state index in [1.54, 1.807) is 38.1 Å². The van der Waals surface area contributed by atoms with Crippen LogP contribution in [-0.2, 0) is 13.6 Å². The Morgan fingerprint density at radius 3 is 2.45 bits per heavy atom. The third-order valence-electron chi connectivity index (χ3n) is 2.33. The molecule has 1 rings (SSSR count). The molecule has 0 saturated heterocycles. The van der Waals surface area contributed by atoms with Gasteiger partial charge in [0.25, 0.3) is 0 Å². The van der Waals surface area contributed by atoms with Crippen molar-refractivity contribution in [1.82, 2.24) is 0 Å². The highest BCUT2D eigenvalue weighted by atomic mass is 31.2. The zero-order valence-corrected chi connectivity index (χ0v) is 12.3. The fourth-order valence-corrected chi connectivity index (χ4v) is 3.01. The summed E-state index contributed by atoms with van der Waals surface area (Å²) >= 11 is 0. The third kappa shape index (κ3) is 4.05. The molecule has 0 fully saturated rings. The maximum absolute atomic E-state index is 12.5. The summed E-state index contributed by atoms with van der Waals surface area (Å²) in [4.78, 5) is 0. The van der Waals surface area contributed by atoms with Gasteiger partial charge in [0.15, 0.2) is 0 Å². The van der Waals surface area contributed by atoms with Crippen LogP contribution in [0.2, 0.25) is 0 Å². The first-order valence-electron chi connectivity index (χ1n) is 6.11. The standard InChI is InChI=1S/C14H15N2O3P/c1-3-18-20(17,19-4-2)14(11-16)9-12-6-5-7-13(8-12)10-15/h5-9H,3-4H2,1-2H3/b14-9+. The highest BCUT2D eigenvalue weighted by Gasteiger charge is 2.29. The number of benzene rings is 1. The Morgan fingerprint density at radius 1 is 1.30 bits per heavy atom. The van der Waals surface area contributed by atoms with Crippen LogP contribution in [0.3, 0.4) is 0 Å². The number of hydrogen-bond acceptors (Lipinski definition) is 5. The van der Waals surface area contributed by atoms with Crippen molar-refractivity contribution in [2.24, 2.45) is 0 Å². The molecule has 0 radical (unpaired) electrons. The van der Waals surface area contributed by atoms with Gasteiger partial charge >= 0.3 is 7.60 Å². The second kappa shape index (κ2) is 7.62. The fourth-order valence-electron chi connectivity index (χ4n) is 1.54. The lowest BCUT2D eigenvalue weighted by atomic mass is 10.1. The van der Waals surface area contributed by atoms with Crippen LogP contribution in [0.15, 0.2) is 29.6 Å². The molecular weight excluding hydrogens is 275 g/mol. The van der Waals surface area contributed by atoms with E-state index in [0.717, 1.165) is 0 Å². The largest absolute Gasteiger partial charge is 0.371 e. The molecule has 0 amide bonds. The minimum atomic E-state index is -3.60. The zero-order chi connectivity index (χ0) is 15.0. The van der Waals surface area contributed by atoms with Crippen molar-refractivity contribution in [3.8, 4) is 12.1 Å². The van der Waals surface area contributed by atoms with Crippen LogP contribution in [0.5, 0.6) is 0 Å². The number of rotatable bonds is 6. The van der Waals surface area contributed by atoms with E-state index < -0.39 is 7.60 Å². The molecule has 0 saturated carbocycles. The van der Waals surface area contributed by atoms with Crippen molar-refractivity contribution >= 4 is 13.7 Å². The highest BCUT2D eigenvalue weighted by Crippen LogP contribution is 2.56. The second-order valence-electron chi connectivity index (χ2n) is 3.71. The first kappa shape index (κ1) is 16.1. The van der Waals surface area contributed by atoms with Crippen LogP contribution in [0, 0.1) is 22.7 Å². The Labute approximate surface area is 118 Å². The van der Waals surface area contributed by atoms with E-state index in [1.807, 2.05) is 12.1 Å². The van der Waals surface area contributed by atoms with Crippen molar-refractivity contribution in [2.45, 2.75) is 13.8 Å².